The van der Waals surface area contributed by atoms with Crippen molar-refractivity contribution in [2.24, 2.45) is 0 Å². The van der Waals surface area contributed by atoms with Gasteiger partial charge in [-0.15, -0.1) is 0 Å². The van der Waals surface area contributed by atoms with Crippen LogP contribution in [-0.2, 0) is 4.74 Å². The van der Waals surface area contributed by atoms with Gasteiger partial charge in [-0.1, -0.05) is 0 Å². The van der Waals surface area contributed by atoms with Crippen LogP contribution in [0.2, 0.25) is 0 Å². The molecule has 0 saturated heterocycles. The van der Waals surface area contributed by atoms with Crippen LogP contribution < -0.4 is 10.5 Å². The number of rotatable bonds is 3. The van der Waals surface area contributed by atoms with Gasteiger partial charge in [0, 0.05) is 0 Å². The molecule has 0 unspecified atom stereocenters. The van der Waals surface area contributed by atoms with Gasteiger partial charge in [0.2, 0.25) is 0 Å². The molecule has 16 heavy (non-hydrogen) atoms. The molecule has 7 heteroatoms. The molecule has 1 rings (SSSR count). The molecule has 2 N–H and O–H groups in total. The summed E-state index contributed by atoms with van der Waals surface area (Å²) in [5.74, 6) is -1.40. The minimum absolute atomic E-state index is 0.198. The van der Waals surface area contributed by atoms with Crippen LogP contribution in [-0.4, -0.2) is 25.2 Å². The molecule has 0 radical (unpaired) electrons. The number of hydrogen-bond donors (Lipinski definition) is 1. The van der Waals surface area contributed by atoms with E-state index in [1.807, 2.05) is 0 Å². The highest BCUT2D eigenvalue weighted by Gasteiger charge is 2.24. The van der Waals surface area contributed by atoms with Crippen molar-refractivity contribution in [3.8, 4) is 5.75 Å². The molecule has 88 valence electrons. The second-order valence-electron chi connectivity index (χ2n) is 2.81. The Balaban J connectivity index is 3.41. The number of pyridine rings is 1. The molecule has 0 amide bonds. The molecular formula is C9H10F2N2O3. The second-order valence-corrected chi connectivity index (χ2v) is 2.81. The van der Waals surface area contributed by atoms with Crippen molar-refractivity contribution in [1.82, 2.24) is 4.98 Å². The van der Waals surface area contributed by atoms with E-state index in [0.29, 0.717) is 0 Å². The van der Waals surface area contributed by atoms with Crippen LogP contribution in [0.25, 0.3) is 0 Å². The molecule has 0 fully saturated rings. The first-order chi connectivity index (χ1) is 7.51. The number of halogens is 2. The van der Waals surface area contributed by atoms with E-state index in [2.05, 4.69) is 9.72 Å². The van der Waals surface area contributed by atoms with E-state index in [-0.39, 0.29) is 17.3 Å². The number of alkyl halides is 2. The topological polar surface area (TPSA) is 74.4 Å². The van der Waals surface area contributed by atoms with Crippen LogP contribution >= 0.6 is 0 Å². The summed E-state index contributed by atoms with van der Waals surface area (Å²) >= 11 is 0. The first kappa shape index (κ1) is 12.2. The molecular weight excluding hydrogens is 222 g/mol. The van der Waals surface area contributed by atoms with Gasteiger partial charge in [0.25, 0.3) is 6.43 Å². The molecule has 1 aromatic rings. The number of anilines is 1. The highest BCUT2D eigenvalue weighted by atomic mass is 19.3. The Morgan fingerprint density at radius 2 is 2.12 bits per heavy atom. The fourth-order valence-corrected chi connectivity index (χ4v) is 1.19. The summed E-state index contributed by atoms with van der Waals surface area (Å²) in [4.78, 5) is 14.9. The maximum Gasteiger partial charge on any atom is 0.360 e. The standard InChI is InChI=1S/C9H10F2N2O3/c1-15-7-4(8(10)11)3-5(12)13-6(7)9(14)16-2/h3,8H,1-2H3,(H2,12,13). The van der Waals surface area contributed by atoms with Crippen molar-refractivity contribution in [1.29, 1.82) is 0 Å². The third-order valence-electron chi connectivity index (χ3n) is 1.84. The highest BCUT2D eigenvalue weighted by molar-refractivity contribution is 5.91. The zero-order valence-electron chi connectivity index (χ0n) is 8.66. The molecule has 5 nitrogen and oxygen atoms in total. The number of aromatic nitrogens is 1. The quantitative estimate of drug-likeness (QED) is 0.797. The lowest BCUT2D eigenvalue weighted by Crippen LogP contribution is -2.11. The minimum Gasteiger partial charge on any atom is -0.494 e. The molecule has 0 atom stereocenters. The minimum atomic E-state index is -2.82. The summed E-state index contributed by atoms with van der Waals surface area (Å²) in [5.41, 5.74) is 4.45. The van der Waals surface area contributed by atoms with Gasteiger partial charge < -0.3 is 15.2 Å². The smallest absolute Gasteiger partial charge is 0.360 e. The molecule has 0 spiro atoms. The van der Waals surface area contributed by atoms with Crippen LogP contribution in [0, 0.1) is 0 Å². The predicted octanol–water partition coefficient (Wildman–Crippen LogP) is 1.40. The monoisotopic (exact) mass is 232 g/mol. The highest BCUT2D eigenvalue weighted by Crippen LogP contribution is 2.32. The summed E-state index contributed by atoms with van der Waals surface area (Å²) in [6, 6.07) is 0.954. The second kappa shape index (κ2) is 4.73. The lowest BCUT2D eigenvalue weighted by atomic mass is 10.2. The van der Waals surface area contributed by atoms with Crippen molar-refractivity contribution in [3.63, 3.8) is 0 Å². The van der Waals surface area contributed by atoms with Crippen LogP contribution in [0.15, 0.2) is 6.07 Å². The van der Waals surface area contributed by atoms with Crippen LogP contribution in [0.5, 0.6) is 5.75 Å². The lowest BCUT2D eigenvalue weighted by molar-refractivity contribution is 0.0589. The van der Waals surface area contributed by atoms with Crippen LogP contribution in [0.3, 0.4) is 0 Å². The van der Waals surface area contributed by atoms with Gasteiger partial charge in [-0.05, 0) is 6.07 Å². The number of esters is 1. The first-order valence-corrected chi connectivity index (χ1v) is 4.22. The number of methoxy groups -OCH3 is 2. The van der Waals surface area contributed by atoms with E-state index < -0.39 is 18.0 Å². The van der Waals surface area contributed by atoms with Gasteiger partial charge in [0.1, 0.15) is 5.82 Å². The number of nitrogens with two attached hydrogens (primary N) is 1. The molecule has 0 aliphatic carbocycles. The fraction of sp³-hybridized carbons (Fsp3) is 0.333. The van der Waals surface area contributed by atoms with Crippen molar-refractivity contribution in [2.45, 2.75) is 6.43 Å². The van der Waals surface area contributed by atoms with E-state index in [4.69, 9.17) is 10.5 Å². The van der Waals surface area contributed by atoms with E-state index >= 15 is 0 Å². The fourth-order valence-electron chi connectivity index (χ4n) is 1.19. The van der Waals surface area contributed by atoms with Crippen molar-refractivity contribution < 1.29 is 23.0 Å². The van der Waals surface area contributed by atoms with Crippen molar-refractivity contribution >= 4 is 11.8 Å². The largest absolute Gasteiger partial charge is 0.494 e. The Morgan fingerprint density at radius 3 is 2.56 bits per heavy atom. The average molecular weight is 232 g/mol. The maximum absolute atomic E-state index is 12.6. The number of nitrogen functional groups attached to an aromatic ring is 1. The Kier molecular flexibility index (Phi) is 3.60. The van der Waals surface area contributed by atoms with Crippen LogP contribution in [0.1, 0.15) is 22.5 Å². The Morgan fingerprint density at radius 1 is 1.50 bits per heavy atom. The predicted molar refractivity (Wildman–Crippen MR) is 51.5 cm³/mol. The number of nitrogens with zero attached hydrogens (tertiary/aromatic N) is 1. The summed E-state index contributed by atoms with van der Waals surface area (Å²) < 4.78 is 34.4. The van der Waals surface area contributed by atoms with E-state index in [1.165, 1.54) is 0 Å². The first-order valence-electron chi connectivity index (χ1n) is 4.22. The Bertz CT molecular complexity index is 410. The summed E-state index contributed by atoms with van der Waals surface area (Å²) in [6.45, 7) is 0. The number of carbonyl (C=O) groups excluding carboxylic acids is 1. The molecule has 1 heterocycles. The zero-order valence-corrected chi connectivity index (χ0v) is 8.66. The normalized spacial score (nSPS) is 10.3. The zero-order chi connectivity index (χ0) is 12.3. The van der Waals surface area contributed by atoms with Crippen LogP contribution in [0.4, 0.5) is 14.6 Å². The number of carbonyl (C=O) groups is 1. The molecule has 0 bridgehead atoms. The number of hydrogen-bond acceptors (Lipinski definition) is 5. The van der Waals surface area contributed by atoms with Gasteiger partial charge >= 0.3 is 5.97 Å². The van der Waals surface area contributed by atoms with Gasteiger partial charge in [0.15, 0.2) is 11.4 Å². The van der Waals surface area contributed by atoms with Gasteiger partial charge in [0.05, 0.1) is 19.8 Å². The lowest BCUT2D eigenvalue weighted by Gasteiger charge is -2.11. The molecule has 0 aliphatic rings. The van der Waals surface area contributed by atoms with Gasteiger partial charge in [-0.3, -0.25) is 0 Å². The third-order valence-corrected chi connectivity index (χ3v) is 1.84. The molecule has 0 saturated carbocycles. The van der Waals surface area contributed by atoms with Gasteiger partial charge in [-0.25, -0.2) is 18.6 Å². The third kappa shape index (κ3) is 2.18. The Hall–Kier alpha value is -1.92. The maximum atomic E-state index is 12.6. The number of ether oxygens (including phenoxy) is 2. The van der Waals surface area contributed by atoms with E-state index in [0.717, 1.165) is 20.3 Å². The molecule has 1 aromatic heterocycles. The van der Waals surface area contributed by atoms with E-state index in [9.17, 15) is 13.6 Å². The SMILES string of the molecule is COC(=O)c1nc(N)cc(C(F)F)c1OC. The van der Waals surface area contributed by atoms with Crippen molar-refractivity contribution in [2.75, 3.05) is 20.0 Å². The summed E-state index contributed by atoms with van der Waals surface area (Å²) in [5, 5.41) is 0. The summed E-state index contributed by atoms with van der Waals surface area (Å²) in [6.07, 6.45) is -2.82. The van der Waals surface area contributed by atoms with Crippen molar-refractivity contribution in [3.05, 3.63) is 17.3 Å². The Labute approximate surface area is 90.2 Å². The van der Waals surface area contributed by atoms with Gasteiger partial charge in [-0.2, -0.15) is 0 Å². The molecule has 0 aliphatic heterocycles. The molecule has 0 aromatic carbocycles. The summed E-state index contributed by atoms with van der Waals surface area (Å²) in [7, 11) is 2.26. The van der Waals surface area contributed by atoms with E-state index in [1.54, 1.807) is 0 Å². The average Bonchev–Trinajstić information content (AvgIpc) is 2.26.